The van der Waals surface area contributed by atoms with Gasteiger partial charge < -0.3 is 70.6 Å². The van der Waals surface area contributed by atoms with E-state index in [4.69, 9.17) is 39.0 Å². The Hall–Kier alpha value is -4.06. The molecule has 0 heterocycles. The number of hydrogen-bond donors (Lipinski definition) is 8. The van der Waals surface area contributed by atoms with E-state index in [2.05, 4.69) is 10.6 Å². The number of aromatic hydroxyl groups is 2. The number of carboxylic acid groups (broad SMARTS) is 2. The second kappa shape index (κ2) is 31.3. The smallest absolute Gasteiger partial charge is 0.548 e. The van der Waals surface area contributed by atoms with Crippen molar-refractivity contribution in [2.45, 2.75) is 105 Å². The van der Waals surface area contributed by atoms with Gasteiger partial charge in [0.25, 0.3) is 0 Å². The van der Waals surface area contributed by atoms with E-state index in [1.165, 1.54) is 36.4 Å². The van der Waals surface area contributed by atoms with E-state index < -0.39 is 73.9 Å². The number of aliphatic carboxylic acids is 2. The normalized spacial score (nSPS) is 13.8. The minimum absolute atomic E-state index is 0. The molecule has 27 heteroatoms. The number of nitrogens with one attached hydrogen (secondary N) is 2. The maximum absolute atomic E-state index is 12.1. The molecule has 69 heavy (non-hydrogen) atoms. The first kappa shape index (κ1) is 64.9. The van der Waals surface area contributed by atoms with Crippen LogP contribution >= 0.6 is 15.6 Å². The zero-order valence-electron chi connectivity index (χ0n) is 39.6. The molecule has 0 aliphatic heterocycles. The van der Waals surface area contributed by atoms with Crippen LogP contribution in [0.5, 0.6) is 23.0 Å². The van der Waals surface area contributed by atoms with Gasteiger partial charge in [0.05, 0.1) is 49.2 Å². The summed E-state index contributed by atoms with van der Waals surface area (Å²) in [4.78, 5) is 87.4. The van der Waals surface area contributed by atoms with Crippen LogP contribution in [0.15, 0.2) is 36.4 Å². The fourth-order valence-corrected chi connectivity index (χ4v) is 6.44. The first-order valence-corrected chi connectivity index (χ1v) is 24.2. The van der Waals surface area contributed by atoms with E-state index in [1.807, 2.05) is 0 Å². The van der Waals surface area contributed by atoms with Gasteiger partial charge in [-0.1, -0.05) is 12.1 Å². The number of carbonyl (C=O) groups excluding carboxylic acids is 6. The van der Waals surface area contributed by atoms with Gasteiger partial charge in [-0.15, -0.1) is 0 Å². The number of benzene rings is 2. The van der Waals surface area contributed by atoms with Crippen LogP contribution in [0.2, 0.25) is 0 Å². The Labute approximate surface area is 430 Å². The molecule has 0 saturated heterocycles. The molecule has 0 aromatic heterocycles. The summed E-state index contributed by atoms with van der Waals surface area (Å²) in [5, 5.41) is 46.4. The molecule has 0 aliphatic rings. The summed E-state index contributed by atoms with van der Waals surface area (Å²) in [5.74, 6) is -5.76. The third-order valence-electron chi connectivity index (χ3n) is 8.69. The number of hydrogen-bond acceptors (Lipinski definition) is 20. The summed E-state index contributed by atoms with van der Waals surface area (Å²) in [6, 6.07) is 5.79. The molecule has 2 amide bonds. The van der Waals surface area contributed by atoms with E-state index in [1.54, 1.807) is 41.5 Å². The van der Waals surface area contributed by atoms with Crippen molar-refractivity contribution in [2.75, 3.05) is 39.5 Å². The number of nitrogens with two attached hydrogens (primary N) is 2. The minimum Gasteiger partial charge on any atom is -0.548 e. The van der Waals surface area contributed by atoms with Crippen molar-refractivity contribution in [3.63, 3.8) is 0 Å². The molecule has 4 atom stereocenters. The van der Waals surface area contributed by atoms with Gasteiger partial charge in [-0.2, -0.15) is 0 Å². The van der Waals surface area contributed by atoms with Crippen molar-refractivity contribution in [3.8, 4) is 23.0 Å². The Balaban J connectivity index is 0.00000132. The number of rotatable bonds is 28. The summed E-state index contributed by atoms with van der Waals surface area (Å²) in [6.07, 6.45) is 0.755. The summed E-state index contributed by atoms with van der Waals surface area (Å²) in [6.45, 7) is 10.2. The van der Waals surface area contributed by atoms with Gasteiger partial charge in [0.15, 0.2) is 23.0 Å². The molecule has 2 aromatic rings. The monoisotopic (exact) mass is 1050 g/mol. The standard InChI is InChI=1S/2C21H33N2O10P.Ca/c2*1-21(2,3)20(28)31-11-4-12-32-34(29,30)33-17-7-5-14(13-16(17)24)9-10-23-18(25)8-6-15(22)19(26)27;/h2*5,7,13,15,24H,4,6,8-12,22H2,1-3H3,(H,23,25)(H,26,27)(H,29,30);/q;;+2/p-2/t2*15-;/m00./s1. The molecule has 0 fully saturated rings. The maximum atomic E-state index is 12.1. The van der Waals surface area contributed by atoms with Crippen LogP contribution in [0.25, 0.3) is 0 Å². The van der Waals surface area contributed by atoms with Crippen LogP contribution in [0.4, 0.5) is 0 Å². The summed E-state index contributed by atoms with van der Waals surface area (Å²) < 4.78 is 53.6. The molecular weight excluding hydrogens is 982 g/mol. The molecule has 0 saturated carbocycles. The largest absolute Gasteiger partial charge is 2.00 e. The van der Waals surface area contributed by atoms with Crippen LogP contribution in [0, 0.1) is 10.8 Å². The van der Waals surface area contributed by atoms with Gasteiger partial charge in [0, 0.05) is 50.9 Å². The first-order chi connectivity index (χ1) is 31.4. The average molecular weight is 1050 g/mol. The van der Waals surface area contributed by atoms with E-state index in [-0.39, 0.29) is 139 Å². The van der Waals surface area contributed by atoms with E-state index >= 15 is 0 Å². The Kier molecular flexibility index (Phi) is 29.5. The molecule has 2 aromatic carbocycles. The number of phenols is 2. The second-order valence-corrected chi connectivity index (χ2v) is 19.8. The van der Waals surface area contributed by atoms with E-state index in [0.717, 1.165) is 0 Å². The van der Waals surface area contributed by atoms with Crippen LogP contribution in [-0.4, -0.2) is 145 Å². The number of ether oxygens (including phenoxy) is 2. The SMILES string of the molecule is CC(C)(C)C(=O)OCCCOP(=O)(O)Oc1ccc(CCNC(=O)CC[C@H](N)C(=O)[O-])cc1O.CC(C)(C)C(=O)OCCCOP(=O)(O)Oc1ccc(CCNC(=O)CC[C@H](N)C(=O)[O-])cc1O.[Ca+2]. The van der Waals surface area contributed by atoms with Gasteiger partial charge >= 0.3 is 65.3 Å². The summed E-state index contributed by atoms with van der Waals surface area (Å²) >= 11 is 0. The Morgan fingerprint density at radius 2 is 0.957 bits per heavy atom. The molecule has 0 bridgehead atoms. The number of amides is 2. The molecule has 384 valence electrons. The summed E-state index contributed by atoms with van der Waals surface area (Å²) in [5.41, 5.74) is 10.5. The second-order valence-electron chi connectivity index (χ2n) is 17.0. The predicted octanol–water partition coefficient (Wildman–Crippen LogP) is 0.386. The fraction of sp³-hybridized carbons (Fsp3) is 0.571. The van der Waals surface area contributed by atoms with Gasteiger partial charge in [0.1, 0.15) is 0 Å². The van der Waals surface area contributed by atoms with Gasteiger partial charge in [-0.25, -0.2) is 9.13 Å². The van der Waals surface area contributed by atoms with Crippen molar-refractivity contribution in [3.05, 3.63) is 47.5 Å². The third kappa shape index (κ3) is 29.0. The minimum atomic E-state index is -4.52. The van der Waals surface area contributed by atoms with Crippen molar-refractivity contribution < 1.29 is 95.7 Å². The number of carboxylic acids is 2. The van der Waals surface area contributed by atoms with Crippen molar-refractivity contribution in [1.29, 1.82) is 0 Å². The zero-order chi connectivity index (χ0) is 51.9. The predicted molar refractivity (Wildman–Crippen MR) is 243 cm³/mol. The van der Waals surface area contributed by atoms with E-state index in [0.29, 0.717) is 24.0 Å². The van der Waals surface area contributed by atoms with Gasteiger partial charge in [-0.05, 0) is 103 Å². The van der Waals surface area contributed by atoms with Gasteiger partial charge in [0.2, 0.25) is 11.8 Å². The van der Waals surface area contributed by atoms with Crippen LogP contribution in [0.1, 0.15) is 91.2 Å². The Morgan fingerprint density at radius 1 is 0.623 bits per heavy atom. The molecule has 0 spiro atoms. The molecule has 2 unspecified atom stereocenters. The molecule has 2 rings (SSSR count). The first-order valence-electron chi connectivity index (χ1n) is 21.2. The van der Waals surface area contributed by atoms with Crippen LogP contribution in [0.3, 0.4) is 0 Å². The average Bonchev–Trinajstić information content (AvgIpc) is 3.22. The number of phenolic OH excluding ortho intramolecular Hbond substituents is 2. The molecule has 10 N–H and O–H groups in total. The summed E-state index contributed by atoms with van der Waals surface area (Å²) in [7, 11) is -9.05. The fourth-order valence-electron chi connectivity index (χ4n) is 4.81. The number of phosphoric acid groups is 2. The molecule has 0 aliphatic carbocycles. The van der Waals surface area contributed by atoms with Crippen LogP contribution in [-0.2, 0) is 69.3 Å². The van der Waals surface area contributed by atoms with Crippen molar-refractivity contribution in [1.82, 2.24) is 10.6 Å². The number of phosphoric ester groups is 2. The van der Waals surface area contributed by atoms with Crippen LogP contribution < -0.4 is 41.4 Å². The maximum Gasteiger partial charge on any atom is 2.00 e. The van der Waals surface area contributed by atoms with Gasteiger partial charge in [-0.3, -0.25) is 38.0 Å². The number of esters is 2. The van der Waals surface area contributed by atoms with Crippen molar-refractivity contribution >= 4 is 89.1 Å². The topological polar surface area (TPSA) is 395 Å². The molecule has 24 nitrogen and oxygen atoms in total. The number of carbonyl (C=O) groups is 6. The Morgan fingerprint density at radius 3 is 1.25 bits per heavy atom. The van der Waals surface area contributed by atoms with Crippen molar-refractivity contribution in [2.24, 2.45) is 22.3 Å². The Bertz CT molecular complexity index is 1950. The quantitative estimate of drug-likeness (QED) is 0.0247. The molecule has 0 radical (unpaired) electrons. The third-order valence-corrected chi connectivity index (χ3v) is 10.6. The van der Waals surface area contributed by atoms with E-state index in [9.17, 15) is 68.1 Å². The molecular formula is C42H64CaN4O20P2. The zero-order valence-corrected chi connectivity index (χ0v) is 43.6.